The van der Waals surface area contributed by atoms with Crippen molar-refractivity contribution in [1.82, 2.24) is 30.9 Å². The maximum Gasteiger partial charge on any atom is 0.331 e. The van der Waals surface area contributed by atoms with Crippen molar-refractivity contribution in [3.63, 3.8) is 0 Å². The Kier molecular flexibility index (Phi) is 12.4. The van der Waals surface area contributed by atoms with E-state index in [9.17, 15) is 14.4 Å². The van der Waals surface area contributed by atoms with Crippen LogP contribution in [0.1, 0.15) is 72.6 Å². The van der Waals surface area contributed by atoms with Gasteiger partial charge in [0.05, 0.1) is 0 Å². The molecule has 0 aliphatic rings. The first-order valence-corrected chi connectivity index (χ1v) is 15.9. The molecule has 4 aromatic rings. The number of carbonyl (C=O) groups is 3. The normalized spacial score (nSPS) is 10.9. The van der Waals surface area contributed by atoms with Crippen LogP contribution >= 0.6 is 0 Å². The molecule has 0 fully saturated rings. The van der Waals surface area contributed by atoms with Crippen LogP contribution in [0.2, 0.25) is 0 Å². The molecule has 12 nitrogen and oxygen atoms in total. The fourth-order valence-electron chi connectivity index (χ4n) is 3.99. The van der Waals surface area contributed by atoms with Crippen molar-refractivity contribution in [2.45, 2.75) is 41.5 Å². The number of ether oxygens (including phenoxy) is 3. The summed E-state index contributed by atoms with van der Waals surface area (Å²) in [5.74, 6) is 1.52. The Morgan fingerprint density at radius 1 is 0.458 bits per heavy atom. The van der Waals surface area contributed by atoms with Crippen molar-refractivity contribution in [2.24, 2.45) is 17.8 Å². The van der Waals surface area contributed by atoms with Gasteiger partial charge in [0.1, 0.15) is 17.2 Å². The first-order chi connectivity index (χ1) is 22.9. The van der Waals surface area contributed by atoms with E-state index >= 15 is 0 Å². The van der Waals surface area contributed by atoms with Gasteiger partial charge >= 0.3 is 18.0 Å². The molecule has 0 aliphatic heterocycles. The Morgan fingerprint density at radius 2 is 0.688 bits per heavy atom. The van der Waals surface area contributed by atoms with E-state index in [1.807, 2.05) is 41.5 Å². The average molecular weight is 655 g/mol. The summed E-state index contributed by atoms with van der Waals surface area (Å²) in [6.07, 6.45) is 0. The molecule has 3 amide bonds. The summed E-state index contributed by atoms with van der Waals surface area (Å²) in [5.41, 5.74) is 1.44. The van der Waals surface area contributed by atoms with Gasteiger partial charge in [-0.15, -0.1) is 15.0 Å². The highest BCUT2D eigenvalue weighted by Gasteiger charge is 2.15. The van der Waals surface area contributed by atoms with E-state index < -0.39 is 0 Å². The molecular weight excluding hydrogens is 612 g/mol. The lowest BCUT2D eigenvalue weighted by atomic mass is 10.2. The van der Waals surface area contributed by atoms with E-state index in [1.165, 1.54) is 0 Å². The van der Waals surface area contributed by atoms with Crippen molar-refractivity contribution < 1.29 is 28.6 Å². The van der Waals surface area contributed by atoms with Crippen LogP contribution < -0.4 is 30.2 Å². The van der Waals surface area contributed by atoms with Gasteiger partial charge in [-0.2, -0.15) is 0 Å². The van der Waals surface area contributed by atoms with Crippen molar-refractivity contribution in [1.29, 1.82) is 0 Å². The molecule has 0 bridgehead atoms. The highest BCUT2D eigenvalue weighted by atomic mass is 16.5. The first-order valence-electron chi connectivity index (χ1n) is 15.9. The summed E-state index contributed by atoms with van der Waals surface area (Å²) < 4.78 is 17.7. The predicted molar refractivity (Wildman–Crippen MR) is 181 cm³/mol. The molecule has 4 rings (SSSR count). The minimum absolute atomic E-state index is 0.124. The van der Waals surface area contributed by atoms with Crippen LogP contribution in [0.25, 0.3) is 0 Å². The lowest BCUT2D eigenvalue weighted by Crippen LogP contribution is -2.27. The van der Waals surface area contributed by atoms with Crippen LogP contribution in [0.5, 0.6) is 35.3 Å². The topological polar surface area (TPSA) is 154 Å². The van der Waals surface area contributed by atoms with Gasteiger partial charge in [0.2, 0.25) is 0 Å². The van der Waals surface area contributed by atoms with Gasteiger partial charge in [0, 0.05) is 36.3 Å². The van der Waals surface area contributed by atoms with Crippen LogP contribution in [0.3, 0.4) is 0 Å². The summed E-state index contributed by atoms with van der Waals surface area (Å²) in [5, 5.41) is 8.64. The SMILES string of the molecule is CC(C)CNC(=O)c1ccc(Oc2nc(Oc3ccc(C(=O)NCC(C)C)cc3)nc(Oc3ccc(C(=O)NCC(C)C)cc3)n2)cc1. The van der Waals surface area contributed by atoms with E-state index in [1.54, 1.807) is 72.8 Å². The molecule has 0 spiro atoms. The molecular formula is C36H42N6O6. The standard InChI is InChI=1S/C36H42N6O6/c1-22(2)19-37-31(43)25-7-13-28(14-8-25)46-34-40-35(47-29-15-9-26(10-16-29)32(44)38-20-23(3)4)42-36(41-34)48-30-17-11-27(12-18-30)33(45)39-21-24(5)6/h7-18,22-24H,19-21H2,1-6H3,(H,37,43)(H,38,44)(H,39,45). The van der Waals surface area contributed by atoms with Crippen molar-refractivity contribution >= 4 is 17.7 Å². The summed E-state index contributed by atoms with van der Waals surface area (Å²) in [6.45, 7) is 13.8. The summed E-state index contributed by atoms with van der Waals surface area (Å²) in [4.78, 5) is 50.2. The van der Waals surface area contributed by atoms with Crippen molar-refractivity contribution in [3.8, 4) is 35.3 Å². The number of hydrogen-bond donors (Lipinski definition) is 3. The molecule has 0 saturated carbocycles. The third-order valence-corrected chi connectivity index (χ3v) is 6.56. The number of hydrogen-bond acceptors (Lipinski definition) is 9. The summed E-state index contributed by atoms with van der Waals surface area (Å²) in [7, 11) is 0. The minimum Gasteiger partial charge on any atom is -0.424 e. The van der Waals surface area contributed by atoms with Crippen LogP contribution in [0.4, 0.5) is 0 Å². The highest BCUT2D eigenvalue weighted by molar-refractivity contribution is 5.95. The van der Waals surface area contributed by atoms with Crippen LogP contribution in [0.15, 0.2) is 72.8 Å². The Labute approximate surface area is 280 Å². The second kappa shape index (κ2) is 16.9. The van der Waals surface area contributed by atoms with Gasteiger partial charge < -0.3 is 30.2 Å². The number of nitrogens with zero attached hydrogens (tertiary/aromatic N) is 3. The minimum atomic E-state index is -0.186. The summed E-state index contributed by atoms with van der Waals surface area (Å²) >= 11 is 0. The molecule has 3 aromatic carbocycles. The quantitative estimate of drug-likeness (QED) is 0.132. The zero-order valence-electron chi connectivity index (χ0n) is 28.1. The van der Waals surface area contributed by atoms with E-state index in [4.69, 9.17) is 14.2 Å². The van der Waals surface area contributed by atoms with Gasteiger partial charge in [-0.3, -0.25) is 14.4 Å². The average Bonchev–Trinajstić information content (AvgIpc) is 3.06. The Hall–Kier alpha value is -5.52. The molecule has 252 valence electrons. The van der Waals surface area contributed by atoms with Crippen LogP contribution in [0, 0.1) is 17.8 Å². The Morgan fingerprint density at radius 3 is 0.896 bits per heavy atom. The molecule has 3 N–H and O–H groups in total. The number of nitrogens with one attached hydrogen (secondary N) is 3. The number of carbonyl (C=O) groups excluding carboxylic acids is 3. The Balaban J connectivity index is 1.54. The number of amides is 3. The van der Waals surface area contributed by atoms with E-state index in [0.717, 1.165) is 0 Å². The molecule has 1 heterocycles. The Bertz CT molecular complexity index is 1460. The third-order valence-electron chi connectivity index (χ3n) is 6.56. The lowest BCUT2D eigenvalue weighted by Gasteiger charge is -2.11. The molecule has 48 heavy (non-hydrogen) atoms. The van der Waals surface area contributed by atoms with E-state index in [0.29, 0.717) is 71.3 Å². The van der Waals surface area contributed by atoms with Gasteiger partial charge in [0.25, 0.3) is 17.7 Å². The zero-order valence-corrected chi connectivity index (χ0v) is 28.1. The number of benzene rings is 3. The van der Waals surface area contributed by atoms with Gasteiger partial charge in [-0.25, -0.2) is 0 Å². The molecule has 0 unspecified atom stereocenters. The van der Waals surface area contributed by atoms with E-state index in [2.05, 4.69) is 30.9 Å². The number of aromatic nitrogens is 3. The van der Waals surface area contributed by atoms with Gasteiger partial charge in [-0.05, 0) is 90.6 Å². The van der Waals surface area contributed by atoms with Crippen molar-refractivity contribution in [3.05, 3.63) is 89.5 Å². The fourth-order valence-corrected chi connectivity index (χ4v) is 3.99. The van der Waals surface area contributed by atoms with Gasteiger partial charge in [-0.1, -0.05) is 41.5 Å². The molecule has 12 heteroatoms. The summed E-state index contributed by atoms with van der Waals surface area (Å²) in [6, 6.07) is 19.2. The second-order valence-corrected chi connectivity index (χ2v) is 12.4. The molecule has 0 radical (unpaired) electrons. The maximum atomic E-state index is 12.4. The largest absolute Gasteiger partial charge is 0.424 e. The lowest BCUT2D eigenvalue weighted by molar-refractivity contribution is 0.0941. The first kappa shape index (κ1) is 35.3. The van der Waals surface area contributed by atoms with Crippen LogP contribution in [-0.2, 0) is 0 Å². The fraction of sp³-hybridized carbons (Fsp3) is 0.333. The second-order valence-electron chi connectivity index (χ2n) is 12.4. The van der Waals surface area contributed by atoms with Crippen molar-refractivity contribution in [2.75, 3.05) is 19.6 Å². The predicted octanol–water partition coefficient (Wildman–Crippen LogP) is 6.41. The molecule has 0 atom stereocenters. The highest BCUT2D eigenvalue weighted by Crippen LogP contribution is 2.27. The third kappa shape index (κ3) is 11.1. The van der Waals surface area contributed by atoms with E-state index in [-0.39, 0.29) is 35.8 Å². The molecule has 0 saturated heterocycles. The van der Waals surface area contributed by atoms with Crippen LogP contribution in [-0.4, -0.2) is 52.3 Å². The van der Waals surface area contributed by atoms with Gasteiger partial charge in [0.15, 0.2) is 0 Å². The maximum absolute atomic E-state index is 12.4. The zero-order chi connectivity index (χ0) is 34.6. The number of rotatable bonds is 15. The molecule has 0 aliphatic carbocycles. The smallest absolute Gasteiger partial charge is 0.331 e. The monoisotopic (exact) mass is 654 g/mol. The molecule has 1 aromatic heterocycles.